The number of nitrogens with one attached hydrogen (secondary N) is 1. The first kappa shape index (κ1) is 15.4. The quantitative estimate of drug-likeness (QED) is 0.829. The molecule has 110 valence electrons. The highest BCUT2D eigenvalue weighted by Crippen LogP contribution is 2.24. The van der Waals surface area contributed by atoms with E-state index in [1.807, 2.05) is 30.3 Å². The van der Waals surface area contributed by atoms with Crippen molar-refractivity contribution in [2.45, 2.75) is 0 Å². The van der Waals surface area contributed by atoms with Crippen molar-refractivity contribution in [3.63, 3.8) is 0 Å². The van der Waals surface area contributed by atoms with E-state index in [1.54, 1.807) is 25.3 Å². The van der Waals surface area contributed by atoms with Gasteiger partial charge in [-0.05, 0) is 30.3 Å². The van der Waals surface area contributed by atoms with Gasteiger partial charge in [-0.25, -0.2) is 0 Å². The fourth-order valence-electron chi connectivity index (χ4n) is 1.76. The summed E-state index contributed by atoms with van der Waals surface area (Å²) in [6, 6.07) is 14.2. The molecule has 2 rings (SSSR count). The van der Waals surface area contributed by atoms with Crippen LogP contribution in [0.15, 0.2) is 48.5 Å². The van der Waals surface area contributed by atoms with Gasteiger partial charge in [-0.2, -0.15) is 0 Å². The molecule has 2 aromatic rings. The molecule has 0 aliphatic carbocycles. The monoisotopic (exact) mass is 305 g/mol. The third kappa shape index (κ3) is 4.48. The van der Waals surface area contributed by atoms with Gasteiger partial charge in [0.2, 0.25) is 0 Å². The fourth-order valence-corrected chi connectivity index (χ4v) is 1.93. The zero-order valence-corrected chi connectivity index (χ0v) is 12.4. The minimum Gasteiger partial charge on any atom is -0.490 e. The largest absolute Gasteiger partial charge is 0.490 e. The molecule has 0 saturated carbocycles. The molecule has 21 heavy (non-hydrogen) atoms. The van der Waals surface area contributed by atoms with Crippen molar-refractivity contribution < 1.29 is 14.3 Å². The van der Waals surface area contributed by atoms with Gasteiger partial charge in [0.15, 0.2) is 0 Å². The topological polar surface area (TPSA) is 47.6 Å². The normalized spacial score (nSPS) is 10.2. The molecule has 5 heteroatoms. The molecule has 0 heterocycles. The van der Waals surface area contributed by atoms with Crippen molar-refractivity contribution in [3.8, 4) is 5.75 Å². The van der Waals surface area contributed by atoms with E-state index in [0.717, 1.165) is 0 Å². The van der Waals surface area contributed by atoms with Crippen LogP contribution >= 0.6 is 11.6 Å². The van der Waals surface area contributed by atoms with E-state index in [2.05, 4.69) is 5.32 Å². The molecule has 2 aromatic carbocycles. The molecular formula is C16H16ClNO3. The number of halogens is 1. The first-order chi connectivity index (χ1) is 10.2. The molecule has 0 atom stereocenters. The average molecular weight is 306 g/mol. The van der Waals surface area contributed by atoms with Crippen molar-refractivity contribution in [1.82, 2.24) is 0 Å². The van der Waals surface area contributed by atoms with Crippen molar-refractivity contribution >= 4 is 23.2 Å². The summed E-state index contributed by atoms with van der Waals surface area (Å²) in [5.41, 5.74) is 1.10. The lowest BCUT2D eigenvalue weighted by molar-refractivity contribution is 0.101. The van der Waals surface area contributed by atoms with Gasteiger partial charge in [0.1, 0.15) is 12.4 Å². The predicted octanol–water partition coefficient (Wildman–Crippen LogP) is 3.62. The van der Waals surface area contributed by atoms with Crippen LogP contribution in [-0.4, -0.2) is 26.2 Å². The first-order valence-electron chi connectivity index (χ1n) is 6.48. The molecule has 0 aliphatic heterocycles. The Morgan fingerprint density at radius 3 is 2.62 bits per heavy atom. The van der Waals surface area contributed by atoms with Crippen molar-refractivity contribution in [2.75, 3.05) is 25.6 Å². The van der Waals surface area contributed by atoms with Crippen molar-refractivity contribution in [2.24, 2.45) is 0 Å². The molecule has 0 radical (unpaired) electrons. The van der Waals surface area contributed by atoms with Gasteiger partial charge < -0.3 is 14.8 Å². The molecule has 0 aliphatic rings. The number of anilines is 1. The lowest BCUT2D eigenvalue weighted by atomic mass is 10.2. The van der Waals surface area contributed by atoms with Crippen LogP contribution in [0.1, 0.15) is 10.4 Å². The standard InChI is InChI=1S/C16H16ClNO3/c1-20-9-10-21-15-8-7-12(17)11-14(15)16(19)18-13-5-3-2-4-6-13/h2-8,11H,9-10H2,1H3,(H,18,19). The van der Waals surface area contributed by atoms with Gasteiger partial charge in [-0.15, -0.1) is 0 Å². The Balaban J connectivity index is 2.16. The van der Waals surface area contributed by atoms with Crippen LogP contribution in [0.5, 0.6) is 5.75 Å². The zero-order chi connectivity index (χ0) is 15.1. The molecule has 0 unspecified atom stereocenters. The smallest absolute Gasteiger partial charge is 0.259 e. The minimum absolute atomic E-state index is 0.267. The molecule has 0 saturated heterocycles. The third-order valence-corrected chi connectivity index (χ3v) is 3.00. The van der Waals surface area contributed by atoms with Crippen molar-refractivity contribution in [1.29, 1.82) is 0 Å². The van der Waals surface area contributed by atoms with Crippen LogP contribution in [0.4, 0.5) is 5.69 Å². The maximum absolute atomic E-state index is 12.3. The summed E-state index contributed by atoms with van der Waals surface area (Å²) in [7, 11) is 1.59. The van der Waals surface area contributed by atoms with Crippen LogP contribution < -0.4 is 10.1 Å². The summed E-state index contributed by atoms with van der Waals surface area (Å²) in [5.74, 6) is 0.209. The Hall–Kier alpha value is -2.04. The van der Waals surface area contributed by atoms with Crippen molar-refractivity contribution in [3.05, 3.63) is 59.1 Å². The van der Waals surface area contributed by atoms with Gasteiger partial charge in [-0.3, -0.25) is 4.79 Å². The fraction of sp³-hybridized carbons (Fsp3) is 0.188. The van der Waals surface area contributed by atoms with Gasteiger partial charge >= 0.3 is 0 Å². The Kier molecular flexibility index (Phi) is 5.60. The van der Waals surface area contributed by atoms with Crippen LogP contribution in [-0.2, 0) is 4.74 Å². The van der Waals surface area contributed by atoms with E-state index < -0.39 is 0 Å². The molecule has 0 fully saturated rings. The number of amides is 1. The number of hydrogen-bond acceptors (Lipinski definition) is 3. The number of ether oxygens (including phenoxy) is 2. The molecular weight excluding hydrogens is 290 g/mol. The molecule has 0 aromatic heterocycles. The van der Waals surface area contributed by atoms with Crippen LogP contribution in [0.3, 0.4) is 0 Å². The second-order valence-electron chi connectivity index (χ2n) is 4.30. The highest BCUT2D eigenvalue weighted by Gasteiger charge is 2.13. The van der Waals surface area contributed by atoms with E-state index >= 15 is 0 Å². The van der Waals surface area contributed by atoms with Crippen LogP contribution in [0.2, 0.25) is 5.02 Å². The molecule has 1 amide bonds. The van der Waals surface area contributed by atoms with Gasteiger partial charge in [0.05, 0.1) is 12.2 Å². The molecule has 1 N–H and O–H groups in total. The molecule has 0 bridgehead atoms. The van der Waals surface area contributed by atoms with Gasteiger partial charge in [-0.1, -0.05) is 29.8 Å². The number of hydrogen-bond donors (Lipinski definition) is 1. The summed E-state index contributed by atoms with van der Waals surface area (Å²) in [4.78, 5) is 12.3. The Bertz CT molecular complexity index is 602. The van der Waals surface area contributed by atoms with E-state index in [9.17, 15) is 4.79 Å². The minimum atomic E-state index is -0.267. The van der Waals surface area contributed by atoms with E-state index in [-0.39, 0.29) is 5.91 Å². The summed E-state index contributed by atoms with van der Waals surface area (Å²) < 4.78 is 10.5. The Morgan fingerprint density at radius 2 is 1.90 bits per heavy atom. The number of carbonyl (C=O) groups excluding carboxylic acids is 1. The second-order valence-corrected chi connectivity index (χ2v) is 4.74. The highest BCUT2D eigenvalue weighted by molar-refractivity contribution is 6.31. The summed E-state index contributed by atoms with van der Waals surface area (Å²) in [5, 5.41) is 3.29. The average Bonchev–Trinajstić information content (AvgIpc) is 2.50. The number of benzene rings is 2. The number of methoxy groups -OCH3 is 1. The number of para-hydroxylation sites is 1. The molecule has 0 spiro atoms. The number of carbonyl (C=O) groups is 1. The summed E-state index contributed by atoms with van der Waals surface area (Å²) in [6.07, 6.45) is 0. The van der Waals surface area contributed by atoms with Crippen LogP contribution in [0, 0.1) is 0 Å². The SMILES string of the molecule is COCCOc1ccc(Cl)cc1C(=O)Nc1ccccc1. The Labute approximate surface area is 128 Å². The van der Waals surface area contributed by atoms with E-state index in [1.165, 1.54) is 0 Å². The number of rotatable bonds is 6. The predicted molar refractivity (Wildman–Crippen MR) is 83.2 cm³/mol. The Morgan fingerprint density at radius 1 is 1.14 bits per heavy atom. The van der Waals surface area contributed by atoms with E-state index in [0.29, 0.717) is 35.2 Å². The summed E-state index contributed by atoms with van der Waals surface area (Å²) >= 11 is 5.96. The lowest BCUT2D eigenvalue weighted by Gasteiger charge is -2.12. The van der Waals surface area contributed by atoms with E-state index in [4.69, 9.17) is 21.1 Å². The first-order valence-corrected chi connectivity index (χ1v) is 6.86. The zero-order valence-electron chi connectivity index (χ0n) is 11.6. The third-order valence-electron chi connectivity index (χ3n) is 2.76. The van der Waals surface area contributed by atoms with Gasteiger partial charge in [0.25, 0.3) is 5.91 Å². The lowest BCUT2D eigenvalue weighted by Crippen LogP contribution is -2.14. The summed E-state index contributed by atoms with van der Waals surface area (Å²) in [6.45, 7) is 0.812. The van der Waals surface area contributed by atoms with Gasteiger partial charge in [0, 0.05) is 17.8 Å². The maximum Gasteiger partial charge on any atom is 0.259 e. The van der Waals surface area contributed by atoms with Crippen LogP contribution in [0.25, 0.3) is 0 Å². The maximum atomic E-state index is 12.3. The second kappa shape index (κ2) is 7.67. The molecule has 4 nitrogen and oxygen atoms in total. The highest BCUT2D eigenvalue weighted by atomic mass is 35.5.